The Kier molecular flexibility index (Phi) is 3.78. The first-order valence-corrected chi connectivity index (χ1v) is 6.83. The maximum atomic E-state index is 11.6. The molecule has 19 heavy (non-hydrogen) atoms. The molecule has 0 bridgehead atoms. The van der Waals surface area contributed by atoms with Crippen LogP contribution in [0.2, 0.25) is 0 Å². The van der Waals surface area contributed by atoms with Gasteiger partial charge in [0.1, 0.15) is 0 Å². The topological polar surface area (TPSA) is 74.6 Å². The third-order valence-electron chi connectivity index (χ3n) is 4.44. The Bertz CT molecular complexity index is 455. The molecule has 2 aliphatic rings. The lowest BCUT2D eigenvalue weighted by Gasteiger charge is -2.37. The summed E-state index contributed by atoms with van der Waals surface area (Å²) in [7, 11) is 0. The molecule has 4 nitrogen and oxygen atoms in total. The molecule has 0 aromatic heterocycles. The number of hydrogen-bond donors (Lipinski definition) is 2. The van der Waals surface area contributed by atoms with Crippen LogP contribution in [0.5, 0.6) is 0 Å². The molecule has 2 aliphatic carbocycles. The van der Waals surface area contributed by atoms with Crippen LogP contribution in [0.25, 0.3) is 0 Å². The standard InChI is InChI=1S/C15H20O4/c1-15(14(18)19)9-11(13(16)17)7-8-12(15)10-5-3-2-4-6-10/h7-8,10H,2-6,9H2,1H3,(H,16,17)(H,18,19). The highest BCUT2D eigenvalue weighted by atomic mass is 16.4. The SMILES string of the molecule is CC1(C(=O)O)CC(C(=O)O)=CC=C1C1CCCCC1. The first-order valence-electron chi connectivity index (χ1n) is 6.83. The number of rotatable bonds is 3. The highest BCUT2D eigenvalue weighted by molar-refractivity contribution is 5.90. The molecule has 0 aromatic carbocycles. The van der Waals surface area contributed by atoms with Crippen LogP contribution in [0.15, 0.2) is 23.3 Å². The predicted octanol–water partition coefficient (Wildman–Crippen LogP) is 3.00. The molecular weight excluding hydrogens is 244 g/mol. The van der Waals surface area contributed by atoms with Crippen LogP contribution >= 0.6 is 0 Å². The van der Waals surface area contributed by atoms with Gasteiger partial charge in [0, 0.05) is 5.57 Å². The Hall–Kier alpha value is -1.58. The third kappa shape index (κ3) is 2.57. The van der Waals surface area contributed by atoms with Crippen LogP contribution < -0.4 is 0 Å². The minimum absolute atomic E-state index is 0.0833. The molecule has 2 rings (SSSR count). The fourth-order valence-electron chi connectivity index (χ4n) is 3.26. The van der Waals surface area contributed by atoms with Gasteiger partial charge in [-0.1, -0.05) is 31.4 Å². The van der Waals surface area contributed by atoms with Gasteiger partial charge in [0.2, 0.25) is 0 Å². The molecule has 0 saturated heterocycles. The first-order chi connectivity index (χ1) is 8.95. The Morgan fingerprint density at radius 1 is 1.16 bits per heavy atom. The average Bonchev–Trinajstić information content (AvgIpc) is 2.39. The fraction of sp³-hybridized carbons (Fsp3) is 0.600. The van der Waals surface area contributed by atoms with Crippen LogP contribution in [-0.4, -0.2) is 22.2 Å². The molecule has 4 heteroatoms. The van der Waals surface area contributed by atoms with E-state index >= 15 is 0 Å². The van der Waals surface area contributed by atoms with Crippen molar-refractivity contribution >= 4 is 11.9 Å². The van der Waals surface area contributed by atoms with Crippen LogP contribution in [0.4, 0.5) is 0 Å². The molecule has 0 amide bonds. The van der Waals surface area contributed by atoms with Crippen LogP contribution in [-0.2, 0) is 9.59 Å². The molecule has 0 radical (unpaired) electrons. The van der Waals surface area contributed by atoms with E-state index < -0.39 is 17.4 Å². The van der Waals surface area contributed by atoms with Crippen molar-refractivity contribution in [3.05, 3.63) is 23.3 Å². The summed E-state index contributed by atoms with van der Waals surface area (Å²) in [6.07, 6.45) is 8.92. The van der Waals surface area contributed by atoms with Gasteiger partial charge in [-0.05, 0) is 37.7 Å². The third-order valence-corrected chi connectivity index (χ3v) is 4.44. The van der Waals surface area contributed by atoms with E-state index in [0.29, 0.717) is 5.92 Å². The Balaban J connectivity index is 2.35. The number of carbonyl (C=O) groups is 2. The summed E-state index contributed by atoms with van der Waals surface area (Å²) in [6.45, 7) is 1.66. The summed E-state index contributed by atoms with van der Waals surface area (Å²) in [6, 6.07) is 0. The van der Waals surface area contributed by atoms with E-state index in [1.807, 2.05) is 0 Å². The van der Waals surface area contributed by atoms with Crippen LogP contribution in [0.1, 0.15) is 45.4 Å². The normalized spacial score (nSPS) is 28.5. The molecule has 104 valence electrons. The number of hydrogen-bond acceptors (Lipinski definition) is 2. The Morgan fingerprint density at radius 3 is 2.32 bits per heavy atom. The fourth-order valence-corrected chi connectivity index (χ4v) is 3.26. The van der Waals surface area contributed by atoms with Crippen molar-refractivity contribution in [3.63, 3.8) is 0 Å². The van der Waals surface area contributed by atoms with Gasteiger partial charge in [0.25, 0.3) is 0 Å². The van der Waals surface area contributed by atoms with Gasteiger partial charge >= 0.3 is 11.9 Å². The van der Waals surface area contributed by atoms with E-state index in [1.165, 1.54) is 6.42 Å². The van der Waals surface area contributed by atoms with Crippen molar-refractivity contribution in [1.82, 2.24) is 0 Å². The van der Waals surface area contributed by atoms with Gasteiger partial charge < -0.3 is 10.2 Å². The smallest absolute Gasteiger partial charge is 0.331 e. The second-order valence-electron chi connectivity index (χ2n) is 5.77. The summed E-state index contributed by atoms with van der Waals surface area (Å²) in [5, 5.41) is 18.6. The van der Waals surface area contributed by atoms with Gasteiger partial charge in [-0.15, -0.1) is 0 Å². The monoisotopic (exact) mass is 264 g/mol. The highest BCUT2D eigenvalue weighted by Gasteiger charge is 2.43. The van der Waals surface area contributed by atoms with E-state index in [-0.39, 0.29) is 12.0 Å². The zero-order chi connectivity index (χ0) is 14.0. The maximum Gasteiger partial charge on any atom is 0.331 e. The second kappa shape index (κ2) is 5.19. The summed E-state index contributed by atoms with van der Waals surface area (Å²) < 4.78 is 0. The zero-order valence-corrected chi connectivity index (χ0v) is 11.2. The largest absolute Gasteiger partial charge is 0.481 e. The highest BCUT2D eigenvalue weighted by Crippen LogP contribution is 2.45. The minimum Gasteiger partial charge on any atom is -0.481 e. The van der Waals surface area contributed by atoms with E-state index in [2.05, 4.69) is 0 Å². The molecule has 0 aliphatic heterocycles. The molecule has 2 N–H and O–H groups in total. The maximum absolute atomic E-state index is 11.6. The predicted molar refractivity (Wildman–Crippen MR) is 70.7 cm³/mol. The van der Waals surface area contributed by atoms with Crippen molar-refractivity contribution in [2.45, 2.75) is 45.4 Å². The molecular formula is C15H20O4. The average molecular weight is 264 g/mol. The lowest BCUT2D eigenvalue weighted by atomic mass is 9.66. The summed E-state index contributed by atoms with van der Waals surface area (Å²) in [4.78, 5) is 22.7. The molecule has 0 heterocycles. The lowest BCUT2D eigenvalue weighted by Crippen LogP contribution is -2.36. The van der Waals surface area contributed by atoms with Crippen molar-refractivity contribution in [3.8, 4) is 0 Å². The second-order valence-corrected chi connectivity index (χ2v) is 5.77. The summed E-state index contributed by atoms with van der Waals surface area (Å²) in [5.41, 5.74) is 0.0268. The van der Waals surface area contributed by atoms with E-state index in [4.69, 9.17) is 5.11 Å². The van der Waals surface area contributed by atoms with Crippen LogP contribution in [0.3, 0.4) is 0 Å². The molecule has 0 aromatic rings. The Morgan fingerprint density at radius 2 is 1.79 bits per heavy atom. The van der Waals surface area contributed by atoms with Gasteiger partial charge in [0.05, 0.1) is 5.41 Å². The molecule has 1 unspecified atom stereocenters. The number of carboxylic acids is 2. The van der Waals surface area contributed by atoms with Gasteiger partial charge in [0.15, 0.2) is 0 Å². The van der Waals surface area contributed by atoms with E-state index in [1.54, 1.807) is 19.1 Å². The molecule has 1 atom stereocenters. The number of carboxylic acid groups (broad SMARTS) is 2. The van der Waals surface area contributed by atoms with Crippen molar-refractivity contribution in [1.29, 1.82) is 0 Å². The summed E-state index contributed by atoms with van der Waals surface area (Å²) >= 11 is 0. The zero-order valence-electron chi connectivity index (χ0n) is 11.2. The van der Waals surface area contributed by atoms with Crippen LogP contribution in [0, 0.1) is 11.3 Å². The van der Waals surface area contributed by atoms with E-state index in [9.17, 15) is 14.7 Å². The van der Waals surface area contributed by atoms with Gasteiger partial charge in [-0.2, -0.15) is 0 Å². The molecule has 1 fully saturated rings. The molecule has 0 spiro atoms. The first kappa shape index (κ1) is 13.8. The summed E-state index contributed by atoms with van der Waals surface area (Å²) in [5.74, 6) is -1.65. The Labute approximate surface area is 112 Å². The van der Waals surface area contributed by atoms with Gasteiger partial charge in [-0.3, -0.25) is 4.79 Å². The van der Waals surface area contributed by atoms with Crippen molar-refractivity contribution < 1.29 is 19.8 Å². The number of allylic oxidation sites excluding steroid dienone is 2. The number of aliphatic carboxylic acids is 2. The lowest BCUT2D eigenvalue weighted by molar-refractivity contribution is -0.146. The van der Waals surface area contributed by atoms with Gasteiger partial charge in [-0.25, -0.2) is 4.79 Å². The minimum atomic E-state index is -1.06. The van der Waals surface area contributed by atoms with E-state index in [0.717, 1.165) is 31.3 Å². The van der Waals surface area contributed by atoms with Crippen molar-refractivity contribution in [2.24, 2.45) is 11.3 Å². The molecule has 1 saturated carbocycles. The quantitative estimate of drug-likeness (QED) is 0.821. The van der Waals surface area contributed by atoms with Crippen molar-refractivity contribution in [2.75, 3.05) is 0 Å².